The van der Waals surface area contributed by atoms with E-state index in [0.717, 1.165) is 6.42 Å². The van der Waals surface area contributed by atoms with Crippen molar-refractivity contribution in [3.8, 4) is 11.1 Å². The lowest BCUT2D eigenvalue weighted by atomic mass is 9.89. The van der Waals surface area contributed by atoms with E-state index in [0.29, 0.717) is 0 Å². The lowest BCUT2D eigenvalue weighted by Gasteiger charge is -2.19. The van der Waals surface area contributed by atoms with Crippen LogP contribution in [0, 0.1) is 0 Å². The molecule has 0 bridgehead atoms. The molecule has 0 spiro atoms. The summed E-state index contributed by atoms with van der Waals surface area (Å²) in [5.41, 5.74) is 5.22. The van der Waals surface area contributed by atoms with E-state index in [4.69, 9.17) is 0 Å². The molecule has 0 radical (unpaired) electrons. The Hall–Kier alpha value is -1.86. The first-order chi connectivity index (χ1) is 10.8. The molecule has 0 fully saturated rings. The third-order valence-electron chi connectivity index (χ3n) is 3.63. The van der Waals surface area contributed by atoms with Crippen LogP contribution in [0.15, 0.2) is 67.3 Å². The van der Waals surface area contributed by atoms with Crippen LogP contribution in [-0.2, 0) is 5.41 Å². The van der Waals surface area contributed by atoms with Crippen molar-refractivity contribution in [1.82, 2.24) is 0 Å². The number of hydrogen-bond acceptors (Lipinski definition) is 1. The first-order valence-electron chi connectivity index (χ1n) is 7.99. The molecule has 1 aromatic heterocycles. The minimum atomic E-state index is 0.122. The van der Waals surface area contributed by atoms with Gasteiger partial charge in [0.1, 0.15) is 0 Å². The van der Waals surface area contributed by atoms with Crippen LogP contribution in [0.25, 0.3) is 16.7 Å². The Kier molecular flexibility index (Phi) is 5.43. The van der Waals surface area contributed by atoms with Crippen molar-refractivity contribution in [2.45, 2.75) is 39.5 Å². The number of benzene rings is 1. The molecule has 120 valence electrons. The molecule has 0 atom stereocenters. The van der Waals surface area contributed by atoms with E-state index in [-0.39, 0.29) is 5.41 Å². The minimum absolute atomic E-state index is 0.122. The summed E-state index contributed by atoms with van der Waals surface area (Å²) in [5.74, 6) is 0. The maximum Gasteiger partial charge on any atom is 0.0315 e. The molecule has 2 aromatic rings. The van der Waals surface area contributed by atoms with Crippen LogP contribution in [0.1, 0.15) is 43.9 Å². The van der Waals surface area contributed by atoms with E-state index in [1.54, 1.807) is 0 Å². The van der Waals surface area contributed by atoms with Crippen LogP contribution in [0.3, 0.4) is 0 Å². The largest absolute Gasteiger partial charge is 0.139 e. The van der Waals surface area contributed by atoms with E-state index in [1.165, 1.54) is 32.0 Å². The molecule has 23 heavy (non-hydrogen) atoms. The Bertz CT molecular complexity index is 721. The summed E-state index contributed by atoms with van der Waals surface area (Å²) in [7, 11) is 0. The van der Waals surface area contributed by atoms with E-state index in [9.17, 15) is 0 Å². The molecule has 1 aromatic carbocycles. The number of thiophene rings is 1. The molecule has 0 amide bonds. The molecule has 0 aliphatic rings. The molecular formula is C22H26S. The summed E-state index contributed by atoms with van der Waals surface area (Å²) in [6, 6.07) is 13.0. The summed E-state index contributed by atoms with van der Waals surface area (Å²) in [5, 5.41) is 0. The Labute approximate surface area is 144 Å². The van der Waals surface area contributed by atoms with Gasteiger partial charge in [0.25, 0.3) is 0 Å². The highest BCUT2D eigenvalue weighted by Gasteiger charge is 2.23. The lowest BCUT2D eigenvalue weighted by Crippen LogP contribution is -2.09. The minimum Gasteiger partial charge on any atom is -0.139 e. The molecule has 0 nitrogen and oxygen atoms in total. The van der Waals surface area contributed by atoms with Gasteiger partial charge in [-0.05, 0) is 41.5 Å². The van der Waals surface area contributed by atoms with Gasteiger partial charge in [-0.3, -0.25) is 0 Å². The molecule has 0 saturated carbocycles. The van der Waals surface area contributed by atoms with Crippen molar-refractivity contribution in [3.05, 3.63) is 77.0 Å². The highest BCUT2D eigenvalue weighted by atomic mass is 32.1. The van der Waals surface area contributed by atoms with Gasteiger partial charge in [-0.15, -0.1) is 11.3 Å². The second-order valence-electron chi connectivity index (χ2n) is 7.03. The van der Waals surface area contributed by atoms with Crippen LogP contribution in [0.5, 0.6) is 0 Å². The molecular weight excluding hydrogens is 296 g/mol. The summed E-state index contributed by atoms with van der Waals surface area (Å²) >= 11 is 1.89. The van der Waals surface area contributed by atoms with Crippen molar-refractivity contribution in [2.75, 3.05) is 0 Å². The Morgan fingerprint density at radius 1 is 1.17 bits per heavy atom. The molecule has 0 aliphatic carbocycles. The Morgan fingerprint density at radius 3 is 2.35 bits per heavy atom. The fourth-order valence-corrected chi connectivity index (χ4v) is 3.89. The van der Waals surface area contributed by atoms with Crippen LogP contribution >= 0.6 is 11.3 Å². The number of allylic oxidation sites excluding steroid dienone is 4. The summed E-state index contributed by atoms with van der Waals surface area (Å²) in [6.45, 7) is 16.9. The predicted molar refractivity (Wildman–Crippen MR) is 106 cm³/mol. The second-order valence-corrected chi connectivity index (χ2v) is 8.08. The summed E-state index contributed by atoms with van der Waals surface area (Å²) in [6.07, 6.45) is 4.88. The van der Waals surface area contributed by atoms with Crippen molar-refractivity contribution in [2.24, 2.45) is 0 Å². The van der Waals surface area contributed by atoms with Crippen molar-refractivity contribution < 1.29 is 0 Å². The standard InChI is InChI=1S/C22H26S/c1-7-11-18(14-16(2)3)20-15-19(17-12-9-8-10-13-17)21(23-20)22(4,5)6/h7-13,15H,1-2,14H2,3-6H3/b18-11+. The Balaban J connectivity index is 2.60. The molecule has 0 aliphatic heterocycles. The quantitative estimate of drug-likeness (QED) is 0.402. The molecule has 0 N–H and O–H groups in total. The lowest BCUT2D eigenvalue weighted by molar-refractivity contribution is 0.605. The average molecular weight is 323 g/mol. The number of hydrogen-bond donors (Lipinski definition) is 0. The van der Waals surface area contributed by atoms with Gasteiger partial charge in [0.2, 0.25) is 0 Å². The molecule has 1 heterocycles. The van der Waals surface area contributed by atoms with Gasteiger partial charge in [0.05, 0.1) is 0 Å². The van der Waals surface area contributed by atoms with Gasteiger partial charge in [-0.25, -0.2) is 0 Å². The highest BCUT2D eigenvalue weighted by Crippen LogP contribution is 2.42. The van der Waals surface area contributed by atoms with Gasteiger partial charge in [0, 0.05) is 9.75 Å². The van der Waals surface area contributed by atoms with Crippen LogP contribution < -0.4 is 0 Å². The van der Waals surface area contributed by atoms with E-state index in [1.807, 2.05) is 17.4 Å². The monoisotopic (exact) mass is 322 g/mol. The van der Waals surface area contributed by atoms with Gasteiger partial charge < -0.3 is 0 Å². The summed E-state index contributed by atoms with van der Waals surface area (Å²) in [4.78, 5) is 2.74. The predicted octanol–water partition coefficient (Wildman–Crippen LogP) is 7.25. The molecule has 0 saturated heterocycles. The average Bonchev–Trinajstić information content (AvgIpc) is 2.92. The van der Waals surface area contributed by atoms with Gasteiger partial charge in [-0.1, -0.05) is 82.0 Å². The zero-order valence-corrected chi connectivity index (χ0v) is 15.5. The Morgan fingerprint density at radius 2 is 1.83 bits per heavy atom. The van der Waals surface area contributed by atoms with Gasteiger partial charge >= 0.3 is 0 Å². The fourth-order valence-electron chi connectivity index (χ4n) is 2.63. The van der Waals surface area contributed by atoms with Crippen molar-refractivity contribution >= 4 is 16.9 Å². The fraction of sp³-hybridized carbons (Fsp3) is 0.273. The van der Waals surface area contributed by atoms with Gasteiger partial charge in [-0.2, -0.15) is 0 Å². The van der Waals surface area contributed by atoms with Crippen LogP contribution in [0.4, 0.5) is 0 Å². The normalized spacial score (nSPS) is 12.3. The second kappa shape index (κ2) is 7.14. The third-order valence-corrected chi connectivity index (χ3v) is 5.26. The maximum atomic E-state index is 4.07. The van der Waals surface area contributed by atoms with Crippen molar-refractivity contribution in [3.63, 3.8) is 0 Å². The SMILES string of the molecule is C=C/C=C(\CC(=C)C)c1cc(-c2ccccc2)c(C(C)(C)C)s1. The van der Waals surface area contributed by atoms with E-state index in [2.05, 4.69) is 83.3 Å². The first-order valence-corrected chi connectivity index (χ1v) is 8.80. The van der Waals surface area contributed by atoms with E-state index >= 15 is 0 Å². The van der Waals surface area contributed by atoms with Crippen LogP contribution in [0.2, 0.25) is 0 Å². The topological polar surface area (TPSA) is 0 Å². The molecule has 2 rings (SSSR count). The molecule has 0 unspecified atom stereocenters. The van der Waals surface area contributed by atoms with E-state index < -0.39 is 0 Å². The van der Waals surface area contributed by atoms with Crippen LogP contribution in [-0.4, -0.2) is 0 Å². The summed E-state index contributed by atoms with van der Waals surface area (Å²) < 4.78 is 0. The third kappa shape index (κ3) is 4.33. The zero-order chi connectivity index (χ0) is 17.0. The maximum absolute atomic E-state index is 4.07. The zero-order valence-electron chi connectivity index (χ0n) is 14.6. The number of rotatable bonds is 5. The molecule has 1 heteroatoms. The van der Waals surface area contributed by atoms with Gasteiger partial charge in [0.15, 0.2) is 0 Å². The van der Waals surface area contributed by atoms with Crippen molar-refractivity contribution in [1.29, 1.82) is 0 Å². The highest BCUT2D eigenvalue weighted by molar-refractivity contribution is 7.13. The smallest absolute Gasteiger partial charge is 0.0315 e. The first kappa shape index (κ1) is 17.5.